The van der Waals surface area contributed by atoms with Crippen LogP contribution in [0.25, 0.3) is 0 Å². The van der Waals surface area contributed by atoms with E-state index in [1.165, 1.54) is 57.9 Å². The van der Waals surface area contributed by atoms with Gasteiger partial charge >= 0.3 is 0 Å². The fraction of sp³-hybridized carbons (Fsp3) is 0.875. The van der Waals surface area contributed by atoms with E-state index in [2.05, 4.69) is 29.3 Å². The summed E-state index contributed by atoms with van der Waals surface area (Å²) in [6, 6.07) is 3.22. The molecular weight excluding hydrogens is 220 g/mol. The van der Waals surface area contributed by atoms with E-state index in [0.29, 0.717) is 0 Å². The predicted octanol–water partition coefficient (Wildman–Crippen LogP) is 3.09. The van der Waals surface area contributed by atoms with Gasteiger partial charge in [-0.15, -0.1) is 0 Å². The molecule has 3 atom stereocenters. The van der Waals surface area contributed by atoms with Gasteiger partial charge in [-0.3, -0.25) is 4.90 Å². The maximum absolute atomic E-state index is 3.78. The average molecular weight is 248 g/mol. The average Bonchev–Trinajstić information content (AvgIpc) is 2.76. The van der Waals surface area contributed by atoms with Gasteiger partial charge in [0.15, 0.2) is 0 Å². The highest BCUT2D eigenvalue weighted by atomic mass is 15.2. The Kier molecular flexibility index (Phi) is 4.05. The number of allylic oxidation sites excluding steroid dienone is 1. The van der Waals surface area contributed by atoms with Crippen LogP contribution in [0.5, 0.6) is 0 Å². The van der Waals surface area contributed by atoms with Gasteiger partial charge in [0.25, 0.3) is 0 Å². The Bertz CT molecular complexity index is 287. The smallest absolute Gasteiger partial charge is 0.0281 e. The molecule has 3 unspecified atom stereocenters. The lowest BCUT2D eigenvalue weighted by molar-refractivity contribution is 0.106. The van der Waals surface area contributed by atoms with E-state index in [4.69, 9.17) is 0 Å². The molecule has 0 aromatic carbocycles. The molecule has 0 aromatic rings. The Morgan fingerprint density at radius 1 is 1.17 bits per heavy atom. The van der Waals surface area contributed by atoms with Crippen LogP contribution >= 0.6 is 0 Å². The van der Waals surface area contributed by atoms with Crippen molar-refractivity contribution in [1.82, 2.24) is 10.2 Å². The van der Waals surface area contributed by atoms with Crippen molar-refractivity contribution in [2.45, 2.75) is 82.5 Å². The van der Waals surface area contributed by atoms with E-state index in [0.717, 1.165) is 24.2 Å². The molecule has 2 nitrogen and oxygen atoms in total. The first-order valence-electron chi connectivity index (χ1n) is 8.05. The molecule has 0 radical (unpaired) electrons. The van der Waals surface area contributed by atoms with Crippen molar-refractivity contribution in [3.05, 3.63) is 12.2 Å². The third-order valence-corrected chi connectivity index (χ3v) is 5.05. The van der Waals surface area contributed by atoms with Gasteiger partial charge in [-0.25, -0.2) is 0 Å². The molecule has 0 amide bonds. The second-order valence-corrected chi connectivity index (χ2v) is 6.43. The highest BCUT2D eigenvalue weighted by Crippen LogP contribution is 2.32. The Labute approximate surface area is 112 Å². The lowest BCUT2D eigenvalue weighted by Gasteiger charge is -2.42. The number of hydrogen-bond donors (Lipinski definition) is 1. The SMILES string of the molecule is CCCN(C1C=CCCC1)C1CC2CCC(C1)N2. The summed E-state index contributed by atoms with van der Waals surface area (Å²) >= 11 is 0. The van der Waals surface area contributed by atoms with Gasteiger partial charge in [-0.05, 0) is 57.9 Å². The van der Waals surface area contributed by atoms with Crippen molar-refractivity contribution < 1.29 is 0 Å². The van der Waals surface area contributed by atoms with Crippen LogP contribution in [-0.2, 0) is 0 Å². The summed E-state index contributed by atoms with van der Waals surface area (Å²) in [6.45, 7) is 3.62. The van der Waals surface area contributed by atoms with Crippen LogP contribution in [-0.4, -0.2) is 35.6 Å². The van der Waals surface area contributed by atoms with Crippen LogP contribution in [0.1, 0.15) is 58.3 Å². The molecule has 0 aromatic heterocycles. The van der Waals surface area contributed by atoms with E-state index < -0.39 is 0 Å². The number of rotatable bonds is 4. The quantitative estimate of drug-likeness (QED) is 0.769. The maximum atomic E-state index is 3.78. The molecule has 3 aliphatic rings. The molecule has 1 aliphatic carbocycles. The lowest BCUT2D eigenvalue weighted by Crippen LogP contribution is -2.51. The molecular formula is C16H28N2. The van der Waals surface area contributed by atoms with Gasteiger partial charge in [0, 0.05) is 24.2 Å². The molecule has 0 saturated carbocycles. The van der Waals surface area contributed by atoms with E-state index in [1.54, 1.807) is 0 Å². The zero-order chi connectivity index (χ0) is 12.4. The van der Waals surface area contributed by atoms with E-state index in [1.807, 2.05) is 0 Å². The van der Waals surface area contributed by atoms with E-state index in [9.17, 15) is 0 Å². The first-order valence-corrected chi connectivity index (χ1v) is 8.05. The molecule has 0 spiro atoms. The van der Waals surface area contributed by atoms with Gasteiger partial charge in [0.1, 0.15) is 0 Å². The summed E-state index contributed by atoms with van der Waals surface area (Å²) < 4.78 is 0. The summed E-state index contributed by atoms with van der Waals surface area (Å²) in [5.41, 5.74) is 0. The standard InChI is InChI=1S/C16H28N2/c1-2-10-18(15-6-4-3-5-7-15)16-11-13-8-9-14(12-16)17-13/h4,6,13-17H,2-3,5,7-12H2,1H3. The van der Waals surface area contributed by atoms with Crippen molar-refractivity contribution in [2.75, 3.05) is 6.54 Å². The molecule has 1 N–H and O–H groups in total. The Hall–Kier alpha value is -0.340. The fourth-order valence-corrected chi connectivity index (χ4v) is 4.25. The van der Waals surface area contributed by atoms with Crippen LogP contribution in [0.2, 0.25) is 0 Å². The van der Waals surface area contributed by atoms with Gasteiger partial charge < -0.3 is 5.32 Å². The zero-order valence-electron chi connectivity index (χ0n) is 11.8. The van der Waals surface area contributed by atoms with E-state index >= 15 is 0 Å². The maximum Gasteiger partial charge on any atom is 0.0281 e. The van der Waals surface area contributed by atoms with E-state index in [-0.39, 0.29) is 0 Å². The topological polar surface area (TPSA) is 15.3 Å². The van der Waals surface area contributed by atoms with Crippen LogP contribution < -0.4 is 5.32 Å². The molecule has 2 saturated heterocycles. The van der Waals surface area contributed by atoms with Crippen molar-refractivity contribution in [3.63, 3.8) is 0 Å². The van der Waals surface area contributed by atoms with Crippen LogP contribution in [0.15, 0.2) is 12.2 Å². The van der Waals surface area contributed by atoms with Crippen molar-refractivity contribution in [2.24, 2.45) is 0 Å². The Morgan fingerprint density at radius 2 is 1.94 bits per heavy atom. The van der Waals surface area contributed by atoms with Gasteiger partial charge in [0.2, 0.25) is 0 Å². The summed E-state index contributed by atoms with van der Waals surface area (Å²) in [4.78, 5) is 2.84. The zero-order valence-corrected chi connectivity index (χ0v) is 11.8. The minimum absolute atomic E-state index is 0.737. The highest BCUT2D eigenvalue weighted by Gasteiger charge is 2.37. The molecule has 2 heteroatoms. The van der Waals surface area contributed by atoms with Crippen LogP contribution in [0.3, 0.4) is 0 Å². The lowest BCUT2D eigenvalue weighted by atomic mass is 9.93. The molecule has 3 rings (SSSR count). The fourth-order valence-electron chi connectivity index (χ4n) is 4.25. The monoisotopic (exact) mass is 248 g/mol. The molecule has 102 valence electrons. The molecule has 18 heavy (non-hydrogen) atoms. The Morgan fingerprint density at radius 3 is 2.56 bits per heavy atom. The number of nitrogens with one attached hydrogen (secondary N) is 1. The highest BCUT2D eigenvalue weighted by molar-refractivity contribution is 5.03. The van der Waals surface area contributed by atoms with Gasteiger partial charge in [0.05, 0.1) is 0 Å². The summed E-state index contributed by atoms with van der Waals surface area (Å²) in [5.74, 6) is 0. The summed E-state index contributed by atoms with van der Waals surface area (Å²) in [6.07, 6.45) is 15.9. The molecule has 2 fully saturated rings. The minimum atomic E-state index is 0.737. The summed E-state index contributed by atoms with van der Waals surface area (Å²) in [7, 11) is 0. The van der Waals surface area contributed by atoms with Crippen molar-refractivity contribution in [3.8, 4) is 0 Å². The molecule has 2 aliphatic heterocycles. The normalized spacial score (nSPS) is 39.4. The third-order valence-electron chi connectivity index (χ3n) is 5.05. The first kappa shape index (κ1) is 12.7. The first-order chi connectivity index (χ1) is 8.86. The van der Waals surface area contributed by atoms with Crippen LogP contribution in [0, 0.1) is 0 Å². The largest absolute Gasteiger partial charge is 0.311 e. The second kappa shape index (κ2) is 5.75. The minimum Gasteiger partial charge on any atom is -0.311 e. The number of piperidine rings is 1. The molecule has 2 bridgehead atoms. The van der Waals surface area contributed by atoms with Gasteiger partial charge in [-0.1, -0.05) is 19.1 Å². The third kappa shape index (κ3) is 2.65. The molecule has 2 heterocycles. The number of hydrogen-bond acceptors (Lipinski definition) is 2. The second-order valence-electron chi connectivity index (χ2n) is 6.43. The predicted molar refractivity (Wildman–Crippen MR) is 76.7 cm³/mol. The van der Waals surface area contributed by atoms with Crippen LogP contribution in [0.4, 0.5) is 0 Å². The van der Waals surface area contributed by atoms with Crippen molar-refractivity contribution in [1.29, 1.82) is 0 Å². The number of nitrogens with zero attached hydrogens (tertiary/aromatic N) is 1. The van der Waals surface area contributed by atoms with Gasteiger partial charge in [-0.2, -0.15) is 0 Å². The number of fused-ring (bicyclic) bond motifs is 2. The summed E-state index contributed by atoms with van der Waals surface area (Å²) in [5, 5.41) is 3.78. The Balaban J connectivity index is 1.68. The van der Waals surface area contributed by atoms with Crippen molar-refractivity contribution >= 4 is 0 Å².